The van der Waals surface area contributed by atoms with Gasteiger partial charge in [-0.2, -0.15) is 0 Å². The number of nitrogens with one attached hydrogen (secondary N) is 4. The van der Waals surface area contributed by atoms with Gasteiger partial charge in [-0.3, -0.25) is 14.6 Å². The van der Waals surface area contributed by atoms with Crippen molar-refractivity contribution in [2.24, 2.45) is 40.3 Å². The molecule has 4 aliphatic carbocycles. The highest BCUT2D eigenvalue weighted by Gasteiger charge is 2.86. The highest BCUT2D eigenvalue weighted by atomic mass is 16.7. The number of ketones is 2. The van der Waals surface area contributed by atoms with Gasteiger partial charge in [0.05, 0.1) is 12.8 Å². The van der Waals surface area contributed by atoms with Crippen molar-refractivity contribution in [2.45, 2.75) is 126 Å². The standard InChI is InChI=1S/C40H60N6O5/c1-4-43-32-21-27-11-6-5-10-26(27)20-28(32)24-50-36(49)40-35(48)31-13-8-7-12-30(31)34(47)39(40,51-40)17-14-25(2)23-38(29-15-19-44-33(41)22-29)16-9-18-45-37(42-3)46-38/h6,11,14,21,26,28-33,43-44H,4-5,7-10,12-13,15-20,22-24,41H2,1-3H3,(H2,42,45,46)/t26-,28-,29?,30?,31?,32-,33?,38+,39-,40-/m0/s1. The van der Waals surface area contributed by atoms with Crippen molar-refractivity contribution in [1.82, 2.24) is 21.3 Å². The number of ether oxygens (including phenoxy) is 2. The lowest BCUT2D eigenvalue weighted by Crippen LogP contribution is -2.59. The van der Waals surface area contributed by atoms with Gasteiger partial charge in [0, 0.05) is 49.3 Å². The third-order valence-electron chi connectivity index (χ3n) is 13.4. The fraction of sp³-hybridized carbons (Fsp3) is 0.750. The van der Waals surface area contributed by atoms with Crippen LogP contribution in [0.3, 0.4) is 0 Å². The molecule has 0 aromatic heterocycles. The molecule has 4 unspecified atom stereocenters. The third-order valence-corrected chi connectivity index (χ3v) is 13.4. The van der Waals surface area contributed by atoms with E-state index >= 15 is 0 Å². The Bertz CT molecular complexity index is 1490. The van der Waals surface area contributed by atoms with Crippen molar-refractivity contribution in [2.75, 3.05) is 33.3 Å². The van der Waals surface area contributed by atoms with E-state index in [1.165, 1.54) is 5.57 Å². The minimum absolute atomic E-state index is 0.0659. The molecule has 0 spiro atoms. The van der Waals surface area contributed by atoms with Crippen LogP contribution in [0.1, 0.15) is 97.3 Å². The molecule has 11 heteroatoms. The van der Waals surface area contributed by atoms with E-state index in [0.29, 0.717) is 24.7 Å². The van der Waals surface area contributed by atoms with Crippen LogP contribution in [0, 0.1) is 29.6 Å². The largest absolute Gasteiger partial charge is 0.463 e. The molecule has 11 nitrogen and oxygen atoms in total. The van der Waals surface area contributed by atoms with Crippen LogP contribution in [0.4, 0.5) is 0 Å². The molecular formula is C40H60N6O5. The summed E-state index contributed by atoms with van der Waals surface area (Å²) in [5, 5.41) is 14.2. The molecule has 0 radical (unpaired) electrons. The van der Waals surface area contributed by atoms with Crippen LogP contribution >= 0.6 is 0 Å². The van der Waals surface area contributed by atoms with Gasteiger partial charge < -0.3 is 36.5 Å². The smallest absolute Gasteiger partial charge is 0.350 e. The Hall–Kier alpha value is -2.86. The summed E-state index contributed by atoms with van der Waals surface area (Å²) in [6, 6.07) is 0.0732. The highest BCUT2D eigenvalue weighted by molar-refractivity contribution is 6.23. The second kappa shape index (κ2) is 14.9. The number of nitrogens with two attached hydrogens (primary N) is 1. The van der Waals surface area contributed by atoms with Gasteiger partial charge in [-0.05, 0) is 102 Å². The second-order valence-electron chi connectivity index (χ2n) is 16.5. The number of hydrogen-bond acceptors (Lipinski definition) is 9. The summed E-state index contributed by atoms with van der Waals surface area (Å²) < 4.78 is 12.5. The van der Waals surface area contributed by atoms with E-state index < -0.39 is 29.0 Å². The molecule has 51 heavy (non-hydrogen) atoms. The zero-order chi connectivity index (χ0) is 35.8. The average molecular weight is 705 g/mol. The first kappa shape index (κ1) is 36.5. The lowest BCUT2D eigenvalue weighted by molar-refractivity contribution is -0.160. The van der Waals surface area contributed by atoms with Crippen molar-refractivity contribution in [1.29, 1.82) is 0 Å². The SMILES string of the molecule is CCN[C@H]1C=C2C=CCC[C@H]2C[C@H]1COC(=O)[C@]12O[C@@]1(CC=C(C)C[C@@]1(C3CCNC(N)C3)CCCNC(=NC)N1)C(=O)C1CCCCC1C2=O. The van der Waals surface area contributed by atoms with E-state index in [4.69, 9.17) is 15.2 Å². The van der Waals surface area contributed by atoms with Gasteiger partial charge in [-0.1, -0.05) is 49.6 Å². The third kappa shape index (κ3) is 6.65. The zero-order valence-electron chi connectivity index (χ0n) is 30.9. The Labute approximate surface area is 303 Å². The molecule has 3 heterocycles. The topological polar surface area (TPSA) is 159 Å². The first-order chi connectivity index (χ1) is 24.7. The van der Waals surface area contributed by atoms with E-state index in [-0.39, 0.29) is 48.3 Å². The Kier molecular flexibility index (Phi) is 10.6. The Morgan fingerprint density at radius 3 is 2.69 bits per heavy atom. The number of hydrogen-bond donors (Lipinski definition) is 5. The van der Waals surface area contributed by atoms with E-state index in [0.717, 1.165) is 95.4 Å². The minimum atomic E-state index is -1.86. The van der Waals surface area contributed by atoms with Crippen molar-refractivity contribution in [3.8, 4) is 0 Å². The van der Waals surface area contributed by atoms with Crippen LogP contribution in [-0.4, -0.2) is 85.7 Å². The molecule has 5 fully saturated rings. The van der Waals surface area contributed by atoms with E-state index in [1.54, 1.807) is 7.05 Å². The first-order valence-electron chi connectivity index (χ1n) is 19.9. The molecule has 280 valence electrons. The van der Waals surface area contributed by atoms with Crippen LogP contribution in [0.15, 0.2) is 40.4 Å². The number of allylic oxidation sites excluding steroid dienone is 3. The summed E-state index contributed by atoms with van der Waals surface area (Å²) in [5.74, 6) is -0.257. The van der Waals surface area contributed by atoms with Crippen molar-refractivity contribution < 1.29 is 23.9 Å². The van der Waals surface area contributed by atoms with Crippen LogP contribution in [-0.2, 0) is 23.9 Å². The molecule has 7 aliphatic rings. The molecule has 0 bridgehead atoms. The second-order valence-corrected chi connectivity index (χ2v) is 16.5. The maximum absolute atomic E-state index is 14.5. The fourth-order valence-corrected chi connectivity index (χ4v) is 10.7. The van der Waals surface area contributed by atoms with E-state index in [1.807, 2.05) is 0 Å². The van der Waals surface area contributed by atoms with Gasteiger partial charge in [-0.15, -0.1) is 0 Å². The van der Waals surface area contributed by atoms with Crippen LogP contribution in [0.5, 0.6) is 0 Å². The van der Waals surface area contributed by atoms with Crippen LogP contribution in [0.25, 0.3) is 0 Å². The number of esters is 1. The average Bonchev–Trinajstić information content (AvgIpc) is 3.89. The number of carbonyl (C=O) groups is 3. The molecule has 3 aliphatic heterocycles. The molecule has 2 saturated carbocycles. The highest BCUT2D eigenvalue weighted by Crippen LogP contribution is 2.61. The quantitative estimate of drug-likeness (QED) is 0.0985. The summed E-state index contributed by atoms with van der Waals surface area (Å²) in [5.41, 5.74) is 5.22. The maximum atomic E-state index is 14.5. The maximum Gasteiger partial charge on any atom is 0.350 e. The van der Waals surface area contributed by atoms with Crippen molar-refractivity contribution >= 4 is 23.5 Å². The zero-order valence-corrected chi connectivity index (χ0v) is 30.9. The van der Waals surface area contributed by atoms with Crippen molar-refractivity contribution in [3.63, 3.8) is 0 Å². The summed E-state index contributed by atoms with van der Waals surface area (Å²) in [4.78, 5) is 47.7. The predicted molar refractivity (Wildman–Crippen MR) is 197 cm³/mol. The number of rotatable bonds is 10. The fourth-order valence-electron chi connectivity index (χ4n) is 10.7. The Balaban J connectivity index is 1.13. The summed E-state index contributed by atoms with van der Waals surface area (Å²) in [6.07, 6.45) is 19.6. The van der Waals surface area contributed by atoms with Crippen LogP contribution in [0.2, 0.25) is 0 Å². The number of aliphatic imine (C=N–C) groups is 1. The predicted octanol–water partition coefficient (Wildman–Crippen LogP) is 3.59. The van der Waals surface area contributed by atoms with Gasteiger partial charge in [0.15, 0.2) is 23.1 Å². The number of guanidine groups is 1. The Morgan fingerprint density at radius 1 is 1.12 bits per heavy atom. The van der Waals surface area contributed by atoms with Gasteiger partial charge in [0.1, 0.15) is 0 Å². The van der Waals surface area contributed by atoms with E-state index in [2.05, 4.69) is 64.4 Å². The molecule has 0 aromatic carbocycles. The van der Waals surface area contributed by atoms with Gasteiger partial charge in [0.25, 0.3) is 5.60 Å². The van der Waals surface area contributed by atoms with Gasteiger partial charge in [0.2, 0.25) is 0 Å². The number of carbonyl (C=O) groups excluding carboxylic acids is 3. The Morgan fingerprint density at radius 2 is 1.92 bits per heavy atom. The van der Waals surface area contributed by atoms with Gasteiger partial charge >= 0.3 is 5.97 Å². The van der Waals surface area contributed by atoms with Crippen molar-refractivity contribution in [3.05, 3.63) is 35.5 Å². The molecule has 0 amide bonds. The molecule has 6 N–H and O–H groups in total. The monoisotopic (exact) mass is 704 g/mol. The normalized spacial score (nSPS) is 41.6. The number of Topliss-reactive ketones (excluding diaryl/α,β-unsaturated/α-hetero) is 2. The molecule has 10 atom stereocenters. The number of piperidine rings is 1. The first-order valence-corrected chi connectivity index (χ1v) is 19.9. The molecule has 0 aromatic rings. The summed E-state index contributed by atoms with van der Waals surface area (Å²) >= 11 is 0. The van der Waals surface area contributed by atoms with E-state index in [9.17, 15) is 14.4 Å². The van der Waals surface area contributed by atoms with Crippen LogP contribution < -0.4 is 27.0 Å². The lowest BCUT2D eigenvalue weighted by atomic mass is 9.61. The molecule has 7 rings (SSSR count). The number of epoxide rings is 1. The molecular weight excluding hydrogens is 644 g/mol. The number of nitrogens with zero attached hydrogens (tertiary/aromatic N) is 1. The number of fused-ring (bicyclic) bond motifs is 3. The molecule has 3 saturated heterocycles. The summed E-state index contributed by atoms with van der Waals surface area (Å²) in [6.45, 7) is 6.86. The number of likely N-dealkylation sites (N-methyl/N-ethyl adjacent to an activating group) is 1. The van der Waals surface area contributed by atoms with Gasteiger partial charge in [-0.25, -0.2) is 4.79 Å². The lowest BCUT2D eigenvalue weighted by Gasteiger charge is -2.45. The minimum Gasteiger partial charge on any atom is -0.463 e. The summed E-state index contributed by atoms with van der Waals surface area (Å²) in [7, 11) is 1.80.